The van der Waals surface area contributed by atoms with Gasteiger partial charge in [-0.3, -0.25) is 9.59 Å². The standard InChI is InChI=1S/C23H23ClFN3O3/c1-13-19(25)11-17(23(30)26-14(2)16-7-5-4-6-8-16)12-20(13)27-21(29)10-9-18-15(3)28-31-22(18)24/h4-8,11-12,14H,9-10H2,1-3H3,(H,26,30)(H,27,29). The summed E-state index contributed by atoms with van der Waals surface area (Å²) in [5, 5.41) is 9.42. The minimum atomic E-state index is -0.576. The first kappa shape index (κ1) is 22.5. The number of carbonyl (C=O) groups excluding carboxylic acids is 2. The van der Waals surface area contributed by atoms with E-state index in [4.69, 9.17) is 16.1 Å². The van der Waals surface area contributed by atoms with Crippen LogP contribution in [0.1, 0.15) is 52.1 Å². The zero-order valence-electron chi connectivity index (χ0n) is 17.5. The van der Waals surface area contributed by atoms with Crippen LogP contribution in [0.3, 0.4) is 0 Å². The van der Waals surface area contributed by atoms with E-state index in [9.17, 15) is 14.0 Å². The van der Waals surface area contributed by atoms with E-state index >= 15 is 0 Å². The number of hydrogen-bond acceptors (Lipinski definition) is 4. The van der Waals surface area contributed by atoms with Crippen LogP contribution < -0.4 is 10.6 Å². The summed E-state index contributed by atoms with van der Waals surface area (Å²) in [6.45, 7) is 5.12. The third kappa shape index (κ3) is 5.49. The van der Waals surface area contributed by atoms with Crippen LogP contribution in [0.15, 0.2) is 47.0 Å². The van der Waals surface area contributed by atoms with Crippen LogP contribution in [0, 0.1) is 19.7 Å². The Kier molecular flexibility index (Phi) is 7.07. The van der Waals surface area contributed by atoms with Gasteiger partial charge in [-0.15, -0.1) is 0 Å². The van der Waals surface area contributed by atoms with Gasteiger partial charge in [0.25, 0.3) is 5.91 Å². The highest BCUT2D eigenvalue weighted by atomic mass is 35.5. The van der Waals surface area contributed by atoms with E-state index in [1.807, 2.05) is 37.3 Å². The van der Waals surface area contributed by atoms with E-state index in [1.54, 1.807) is 13.8 Å². The molecule has 0 saturated carbocycles. The number of halogens is 2. The number of carbonyl (C=O) groups is 2. The zero-order valence-corrected chi connectivity index (χ0v) is 18.2. The fourth-order valence-electron chi connectivity index (χ4n) is 3.14. The highest BCUT2D eigenvalue weighted by molar-refractivity contribution is 6.29. The molecular weight excluding hydrogens is 421 g/mol. The van der Waals surface area contributed by atoms with Crippen LogP contribution in [0.2, 0.25) is 5.22 Å². The van der Waals surface area contributed by atoms with Crippen LogP contribution in [-0.2, 0) is 11.2 Å². The van der Waals surface area contributed by atoms with E-state index in [2.05, 4.69) is 15.8 Å². The van der Waals surface area contributed by atoms with Gasteiger partial charge in [-0.05, 0) is 56.5 Å². The molecule has 1 heterocycles. The normalized spacial score (nSPS) is 11.8. The van der Waals surface area contributed by atoms with E-state index in [0.717, 1.165) is 11.6 Å². The van der Waals surface area contributed by atoms with Crippen molar-refractivity contribution < 1.29 is 18.5 Å². The zero-order chi connectivity index (χ0) is 22.5. The summed E-state index contributed by atoms with van der Waals surface area (Å²) in [7, 11) is 0. The Hall–Kier alpha value is -3.19. The van der Waals surface area contributed by atoms with E-state index in [0.29, 0.717) is 17.7 Å². The van der Waals surface area contributed by atoms with Gasteiger partial charge in [0.1, 0.15) is 5.82 Å². The van der Waals surface area contributed by atoms with Gasteiger partial charge >= 0.3 is 0 Å². The molecule has 162 valence electrons. The van der Waals surface area contributed by atoms with Crippen LogP contribution >= 0.6 is 11.6 Å². The van der Waals surface area contributed by atoms with Crippen LogP contribution in [0.4, 0.5) is 10.1 Å². The van der Waals surface area contributed by atoms with Gasteiger partial charge in [-0.2, -0.15) is 0 Å². The molecule has 0 aliphatic carbocycles. The van der Waals surface area contributed by atoms with Crippen molar-refractivity contribution in [1.29, 1.82) is 0 Å². The smallest absolute Gasteiger partial charge is 0.251 e. The molecule has 2 N–H and O–H groups in total. The van der Waals surface area contributed by atoms with Gasteiger partial charge < -0.3 is 15.2 Å². The number of aromatic nitrogens is 1. The first-order valence-corrected chi connectivity index (χ1v) is 10.2. The molecule has 0 fully saturated rings. The molecule has 0 saturated heterocycles. The van der Waals surface area contributed by atoms with E-state index in [1.165, 1.54) is 6.07 Å². The molecule has 6 nitrogen and oxygen atoms in total. The Morgan fingerprint density at radius 2 is 1.90 bits per heavy atom. The minimum absolute atomic E-state index is 0.101. The van der Waals surface area contributed by atoms with Crippen molar-refractivity contribution in [2.24, 2.45) is 0 Å². The van der Waals surface area contributed by atoms with Crippen LogP contribution in [-0.4, -0.2) is 17.0 Å². The quantitative estimate of drug-likeness (QED) is 0.529. The maximum Gasteiger partial charge on any atom is 0.251 e. The second-order valence-corrected chi connectivity index (χ2v) is 7.65. The molecule has 3 aromatic rings. The Morgan fingerprint density at radius 3 is 2.55 bits per heavy atom. The summed E-state index contributed by atoms with van der Waals surface area (Å²) in [6.07, 6.45) is 0.431. The predicted octanol–water partition coefficient (Wildman–Crippen LogP) is 5.15. The molecule has 1 aromatic heterocycles. The second-order valence-electron chi connectivity index (χ2n) is 7.30. The van der Waals surface area contributed by atoms with Gasteiger partial charge in [0, 0.05) is 28.8 Å². The lowest BCUT2D eigenvalue weighted by Crippen LogP contribution is -2.27. The number of nitrogens with one attached hydrogen (secondary N) is 2. The molecule has 0 spiro atoms. The number of nitrogens with zero attached hydrogens (tertiary/aromatic N) is 1. The summed E-state index contributed by atoms with van der Waals surface area (Å²) < 4.78 is 19.3. The molecule has 1 unspecified atom stereocenters. The first-order chi connectivity index (χ1) is 14.8. The largest absolute Gasteiger partial charge is 0.346 e. The maximum absolute atomic E-state index is 14.5. The number of amides is 2. The molecule has 0 aliphatic heterocycles. The highest BCUT2D eigenvalue weighted by Gasteiger charge is 2.17. The predicted molar refractivity (Wildman–Crippen MR) is 117 cm³/mol. The van der Waals surface area contributed by atoms with Gasteiger partial charge in [0.15, 0.2) is 0 Å². The molecule has 2 aromatic carbocycles. The lowest BCUT2D eigenvalue weighted by Gasteiger charge is -2.16. The van der Waals surface area contributed by atoms with E-state index < -0.39 is 11.7 Å². The van der Waals surface area contributed by atoms with Gasteiger partial charge in [0.2, 0.25) is 11.1 Å². The molecule has 1 atom stereocenters. The monoisotopic (exact) mass is 443 g/mol. The van der Waals surface area contributed by atoms with Gasteiger partial charge in [0.05, 0.1) is 11.7 Å². The lowest BCUT2D eigenvalue weighted by atomic mass is 10.1. The molecule has 0 radical (unpaired) electrons. The van der Waals surface area contributed by atoms with Crippen LogP contribution in [0.5, 0.6) is 0 Å². The summed E-state index contributed by atoms with van der Waals surface area (Å²) in [4.78, 5) is 25.1. The summed E-state index contributed by atoms with van der Waals surface area (Å²) in [5.41, 5.74) is 2.82. The average Bonchev–Trinajstić information content (AvgIpc) is 3.07. The SMILES string of the molecule is Cc1noc(Cl)c1CCC(=O)Nc1cc(C(=O)NC(C)c2ccccc2)cc(F)c1C. The van der Waals surface area contributed by atoms with Gasteiger partial charge in [-0.1, -0.05) is 35.5 Å². The van der Waals surface area contributed by atoms with Crippen molar-refractivity contribution in [1.82, 2.24) is 10.5 Å². The molecule has 31 heavy (non-hydrogen) atoms. The molecule has 0 aliphatic rings. The molecule has 2 amide bonds. The van der Waals surface area contributed by atoms with Crippen molar-refractivity contribution in [3.63, 3.8) is 0 Å². The fourth-order valence-corrected chi connectivity index (χ4v) is 3.40. The third-order valence-corrected chi connectivity index (χ3v) is 5.36. The van der Waals surface area contributed by atoms with Gasteiger partial charge in [-0.25, -0.2) is 4.39 Å². The summed E-state index contributed by atoms with van der Waals surface area (Å²) in [5.74, 6) is -1.35. The molecule has 0 bridgehead atoms. The lowest BCUT2D eigenvalue weighted by molar-refractivity contribution is -0.116. The third-order valence-electron chi connectivity index (χ3n) is 5.07. The summed E-state index contributed by atoms with van der Waals surface area (Å²) >= 11 is 5.92. The number of aryl methyl sites for hydroxylation is 1. The number of hydrogen-bond donors (Lipinski definition) is 2. The topological polar surface area (TPSA) is 84.2 Å². The Bertz CT molecular complexity index is 1080. The maximum atomic E-state index is 14.5. The fraction of sp³-hybridized carbons (Fsp3) is 0.261. The Morgan fingerprint density at radius 1 is 1.19 bits per heavy atom. The van der Waals surface area contributed by atoms with Crippen molar-refractivity contribution in [3.05, 3.63) is 81.4 Å². The Balaban J connectivity index is 1.70. The number of benzene rings is 2. The van der Waals surface area contributed by atoms with Crippen molar-refractivity contribution in [3.8, 4) is 0 Å². The second kappa shape index (κ2) is 9.75. The van der Waals surface area contributed by atoms with Crippen molar-refractivity contribution in [2.45, 2.75) is 39.7 Å². The molecular formula is C23H23ClFN3O3. The number of anilines is 1. The minimum Gasteiger partial charge on any atom is -0.346 e. The van der Waals surface area contributed by atoms with Crippen molar-refractivity contribution in [2.75, 3.05) is 5.32 Å². The molecule has 3 rings (SSSR count). The molecule has 8 heteroatoms. The Labute approximate surface area is 184 Å². The van der Waals surface area contributed by atoms with E-state index in [-0.39, 0.29) is 40.4 Å². The van der Waals surface area contributed by atoms with Crippen molar-refractivity contribution >= 4 is 29.1 Å². The first-order valence-electron chi connectivity index (χ1n) is 9.82. The highest BCUT2D eigenvalue weighted by Crippen LogP contribution is 2.24. The van der Waals surface area contributed by atoms with Crippen LogP contribution in [0.25, 0.3) is 0 Å². The average molecular weight is 444 g/mol. The number of rotatable bonds is 7. The summed E-state index contributed by atoms with van der Waals surface area (Å²) in [6, 6.07) is 11.8.